The van der Waals surface area contributed by atoms with Crippen LogP contribution < -0.4 is 10.6 Å². The molecule has 84 valence electrons. The Morgan fingerprint density at radius 3 is 3.12 bits per heavy atom. The molecule has 4 heteroatoms. The molecule has 2 heterocycles. The van der Waals surface area contributed by atoms with Crippen molar-refractivity contribution in [3.05, 3.63) is 42.2 Å². The van der Waals surface area contributed by atoms with Gasteiger partial charge in [-0.2, -0.15) is 0 Å². The number of pyridine rings is 1. The lowest BCUT2D eigenvalue weighted by Crippen LogP contribution is -2.44. The first kappa shape index (κ1) is 10.8. The Bertz CT molecular complexity index is 389. The molecule has 0 spiro atoms. The van der Waals surface area contributed by atoms with Crippen LogP contribution in [0.1, 0.15) is 18.2 Å². The molecule has 1 amide bonds. The van der Waals surface area contributed by atoms with Crippen LogP contribution in [0.2, 0.25) is 0 Å². The number of amides is 1. The van der Waals surface area contributed by atoms with Crippen LogP contribution in [0, 0.1) is 0 Å². The molecule has 0 aliphatic carbocycles. The van der Waals surface area contributed by atoms with Gasteiger partial charge in [-0.15, -0.1) is 0 Å². The van der Waals surface area contributed by atoms with Crippen LogP contribution in [-0.2, 0) is 4.79 Å². The van der Waals surface area contributed by atoms with Crippen molar-refractivity contribution in [1.82, 2.24) is 15.6 Å². The second-order valence-corrected chi connectivity index (χ2v) is 3.73. The van der Waals surface area contributed by atoms with Crippen molar-refractivity contribution < 1.29 is 4.79 Å². The minimum atomic E-state index is -0.259. The minimum absolute atomic E-state index is 0.0168. The number of carbonyl (C=O) groups is 1. The molecule has 2 N–H and O–H groups in total. The molecule has 1 aliphatic heterocycles. The highest BCUT2D eigenvalue weighted by Gasteiger charge is 2.23. The predicted molar refractivity (Wildman–Crippen MR) is 61.7 cm³/mol. The van der Waals surface area contributed by atoms with E-state index in [0.717, 1.165) is 12.1 Å². The topological polar surface area (TPSA) is 54.0 Å². The Hall–Kier alpha value is -1.68. The molecule has 1 aliphatic rings. The summed E-state index contributed by atoms with van der Waals surface area (Å²) in [5, 5.41) is 5.89. The quantitative estimate of drug-likeness (QED) is 0.720. The van der Waals surface area contributed by atoms with Gasteiger partial charge in [-0.25, -0.2) is 0 Å². The Kier molecular flexibility index (Phi) is 3.31. The second-order valence-electron chi connectivity index (χ2n) is 3.73. The second kappa shape index (κ2) is 4.90. The van der Waals surface area contributed by atoms with Gasteiger partial charge in [0, 0.05) is 13.2 Å². The van der Waals surface area contributed by atoms with E-state index >= 15 is 0 Å². The van der Waals surface area contributed by atoms with Gasteiger partial charge in [-0.1, -0.05) is 18.2 Å². The first-order chi connectivity index (χ1) is 7.81. The van der Waals surface area contributed by atoms with Crippen molar-refractivity contribution in [1.29, 1.82) is 0 Å². The highest BCUT2D eigenvalue weighted by molar-refractivity contribution is 5.83. The number of rotatable bonds is 2. The third kappa shape index (κ3) is 2.28. The van der Waals surface area contributed by atoms with Crippen LogP contribution in [0.25, 0.3) is 0 Å². The summed E-state index contributed by atoms with van der Waals surface area (Å²) in [6, 6.07) is 5.67. The zero-order valence-corrected chi connectivity index (χ0v) is 9.18. The van der Waals surface area contributed by atoms with E-state index in [4.69, 9.17) is 0 Å². The molecule has 4 nitrogen and oxygen atoms in total. The first-order valence-corrected chi connectivity index (χ1v) is 5.36. The number of likely N-dealkylation sites (N-methyl/N-ethyl adjacent to an activating group) is 1. The monoisotopic (exact) mass is 217 g/mol. The lowest BCUT2D eigenvalue weighted by Gasteiger charge is -2.25. The standard InChI is InChI=1S/C12H15N3O/c1-13-12(16)11-7-4-6-10(15-11)9-5-2-3-8-14-9/h2-5,7-8,10-11,15H,6H2,1H3,(H,13,16). The summed E-state index contributed by atoms with van der Waals surface area (Å²) in [5.74, 6) is -0.0168. The maximum Gasteiger partial charge on any atom is 0.240 e. The molecule has 0 saturated heterocycles. The molecule has 0 aromatic carbocycles. The zero-order valence-electron chi connectivity index (χ0n) is 9.18. The number of aromatic nitrogens is 1. The number of hydrogen-bond acceptors (Lipinski definition) is 3. The molecule has 1 aromatic rings. The van der Waals surface area contributed by atoms with Crippen LogP contribution in [-0.4, -0.2) is 24.0 Å². The van der Waals surface area contributed by atoms with Crippen molar-refractivity contribution in [2.45, 2.75) is 18.5 Å². The highest BCUT2D eigenvalue weighted by atomic mass is 16.2. The molecule has 0 radical (unpaired) electrons. The fourth-order valence-corrected chi connectivity index (χ4v) is 1.80. The molecule has 2 unspecified atom stereocenters. The van der Waals surface area contributed by atoms with Crippen LogP contribution in [0.15, 0.2) is 36.5 Å². The molecule has 0 saturated carbocycles. The first-order valence-electron chi connectivity index (χ1n) is 5.36. The van der Waals surface area contributed by atoms with Crippen LogP contribution in [0.3, 0.4) is 0 Å². The summed E-state index contributed by atoms with van der Waals surface area (Å²) >= 11 is 0. The van der Waals surface area contributed by atoms with Crippen molar-refractivity contribution in [2.24, 2.45) is 0 Å². The number of nitrogens with zero attached hydrogens (tertiary/aromatic N) is 1. The van der Waals surface area contributed by atoms with Gasteiger partial charge in [0.15, 0.2) is 0 Å². The predicted octanol–water partition coefficient (Wildman–Crippen LogP) is 0.787. The van der Waals surface area contributed by atoms with Gasteiger partial charge in [-0.05, 0) is 18.6 Å². The van der Waals surface area contributed by atoms with Gasteiger partial charge in [-0.3, -0.25) is 15.1 Å². The van der Waals surface area contributed by atoms with Crippen LogP contribution >= 0.6 is 0 Å². The van der Waals surface area contributed by atoms with Gasteiger partial charge < -0.3 is 5.32 Å². The van der Waals surface area contributed by atoms with Crippen molar-refractivity contribution in [3.63, 3.8) is 0 Å². The summed E-state index contributed by atoms with van der Waals surface area (Å²) < 4.78 is 0. The molecule has 2 atom stereocenters. The minimum Gasteiger partial charge on any atom is -0.358 e. The SMILES string of the molecule is CNC(=O)C1C=CCC(c2ccccn2)N1. The average Bonchev–Trinajstić information content (AvgIpc) is 2.39. The Labute approximate surface area is 94.8 Å². The third-order valence-electron chi connectivity index (χ3n) is 2.65. The summed E-state index contributed by atoms with van der Waals surface area (Å²) in [5.41, 5.74) is 0.973. The van der Waals surface area contributed by atoms with E-state index in [0.29, 0.717) is 0 Å². The summed E-state index contributed by atoms with van der Waals surface area (Å²) in [7, 11) is 1.64. The Morgan fingerprint density at radius 2 is 2.44 bits per heavy atom. The van der Waals surface area contributed by atoms with Crippen molar-refractivity contribution >= 4 is 5.91 Å². The lowest BCUT2D eigenvalue weighted by atomic mass is 10.0. The maximum absolute atomic E-state index is 11.5. The van der Waals surface area contributed by atoms with Gasteiger partial charge in [0.1, 0.15) is 6.04 Å². The molecule has 0 fully saturated rings. The van der Waals surface area contributed by atoms with E-state index in [-0.39, 0.29) is 18.0 Å². The summed E-state index contributed by atoms with van der Waals surface area (Å²) in [4.78, 5) is 15.8. The van der Waals surface area contributed by atoms with E-state index < -0.39 is 0 Å². The Balaban J connectivity index is 2.10. The fourth-order valence-electron chi connectivity index (χ4n) is 1.80. The van der Waals surface area contributed by atoms with E-state index in [1.54, 1.807) is 13.2 Å². The number of hydrogen-bond donors (Lipinski definition) is 2. The van der Waals surface area contributed by atoms with Gasteiger partial charge >= 0.3 is 0 Å². The van der Waals surface area contributed by atoms with Crippen molar-refractivity contribution in [3.8, 4) is 0 Å². The molecule has 1 aromatic heterocycles. The summed E-state index contributed by atoms with van der Waals surface area (Å²) in [6.07, 6.45) is 6.54. The van der Waals surface area contributed by atoms with E-state index in [1.165, 1.54) is 0 Å². The highest BCUT2D eigenvalue weighted by Crippen LogP contribution is 2.19. The zero-order chi connectivity index (χ0) is 11.4. The van der Waals surface area contributed by atoms with E-state index in [1.807, 2.05) is 30.4 Å². The van der Waals surface area contributed by atoms with Crippen LogP contribution in [0.4, 0.5) is 0 Å². The smallest absolute Gasteiger partial charge is 0.240 e. The molecular formula is C12H15N3O. The van der Waals surface area contributed by atoms with Crippen molar-refractivity contribution in [2.75, 3.05) is 7.05 Å². The maximum atomic E-state index is 11.5. The molecule has 2 rings (SSSR count). The summed E-state index contributed by atoms with van der Waals surface area (Å²) in [6.45, 7) is 0. The molecular weight excluding hydrogens is 202 g/mol. The number of nitrogens with one attached hydrogen (secondary N) is 2. The van der Waals surface area contributed by atoms with Crippen LogP contribution in [0.5, 0.6) is 0 Å². The van der Waals surface area contributed by atoms with E-state index in [2.05, 4.69) is 15.6 Å². The fraction of sp³-hybridized carbons (Fsp3) is 0.333. The third-order valence-corrected chi connectivity index (χ3v) is 2.65. The normalized spacial score (nSPS) is 24.1. The largest absolute Gasteiger partial charge is 0.358 e. The number of carbonyl (C=O) groups excluding carboxylic acids is 1. The van der Waals surface area contributed by atoms with Gasteiger partial charge in [0.2, 0.25) is 5.91 Å². The van der Waals surface area contributed by atoms with E-state index in [9.17, 15) is 4.79 Å². The van der Waals surface area contributed by atoms with Gasteiger partial charge in [0.25, 0.3) is 0 Å². The Morgan fingerprint density at radius 1 is 1.56 bits per heavy atom. The molecule has 0 bridgehead atoms. The lowest BCUT2D eigenvalue weighted by molar-refractivity contribution is -0.121. The molecule has 16 heavy (non-hydrogen) atoms. The van der Waals surface area contributed by atoms with Gasteiger partial charge in [0.05, 0.1) is 11.7 Å². The average molecular weight is 217 g/mol.